The molecular weight excluding hydrogens is 396 g/mol. The van der Waals surface area contributed by atoms with Gasteiger partial charge in [0.25, 0.3) is 0 Å². The predicted octanol–water partition coefficient (Wildman–Crippen LogP) is 2.46. The molecule has 2 aromatic heterocycles. The number of fused-ring (bicyclic) bond motifs is 1. The van der Waals surface area contributed by atoms with Gasteiger partial charge in [-0.1, -0.05) is 30.3 Å². The molecule has 2 heterocycles. The second kappa shape index (κ2) is 8.62. The highest BCUT2D eigenvalue weighted by Crippen LogP contribution is 2.12. The van der Waals surface area contributed by atoms with Crippen LogP contribution in [0.3, 0.4) is 0 Å². The van der Waals surface area contributed by atoms with Crippen molar-refractivity contribution in [3.8, 4) is 0 Å². The van der Waals surface area contributed by atoms with Crippen molar-refractivity contribution in [2.24, 2.45) is 0 Å². The number of carbonyl (C=O) groups excluding carboxylic acids is 2. The zero-order valence-corrected chi connectivity index (χ0v) is 15.7. The van der Waals surface area contributed by atoms with E-state index in [4.69, 9.17) is 0 Å². The predicted molar refractivity (Wildman–Crippen MR) is 103 cm³/mol. The van der Waals surface area contributed by atoms with Crippen molar-refractivity contribution < 1.29 is 9.59 Å². The molecule has 0 bridgehead atoms. The molecule has 0 aliphatic rings. The monoisotopic (exact) mass is 414 g/mol. The quantitative estimate of drug-likeness (QED) is 0.623. The Morgan fingerprint density at radius 2 is 1.81 bits per heavy atom. The third kappa shape index (κ3) is 5.16. The third-order valence-corrected chi connectivity index (χ3v) is 4.28. The van der Waals surface area contributed by atoms with E-state index in [0.29, 0.717) is 19.5 Å². The van der Waals surface area contributed by atoms with Crippen molar-refractivity contribution in [1.29, 1.82) is 0 Å². The highest BCUT2D eigenvalue weighted by atomic mass is 79.9. The summed E-state index contributed by atoms with van der Waals surface area (Å²) in [6, 6.07) is 13.3. The van der Waals surface area contributed by atoms with Gasteiger partial charge in [0.05, 0.1) is 18.7 Å². The minimum atomic E-state index is -0.122. The van der Waals surface area contributed by atoms with Crippen LogP contribution in [0.25, 0.3) is 5.65 Å². The zero-order chi connectivity index (χ0) is 18.4. The van der Waals surface area contributed by atoms with Crippen LogP contribution in [0.2, 0.25) is 0 Å². The summed E-state index contributed by atoms with van der Waals surface area (Å²) in [5.41, 5.74) is 2.56. The molecular formula is C19H19BrN4O2. The van der Waals surface area contributed by atoms with Gasteiger partial charge in [0, 0.05) is 29.8 Å². The largest absolute Gasteiger partial charge is 0.355 e. The molecule has 6 nitrogen and oxygen atoms in total. The maximum Gasteiger partial charge on any atom is 0.224 e. The number of pyridine rings is 1. The summed E-state index contributed by atoms with van der Waals surface area (Å²) in [6.45, 7) is 0.672. The molecule has 0 unspecified atom stereocenters. The van der Waals surface area contributed by atoms with Crippen LogP contribution in [0.15, 0.2) is 59.3 Å². The third-order valence-electron chi connectivity index (χ3n) is 3.81. The van der Waals surface area contributed by atoms with Gasteiger partial charge in [-0.05, 0) is 33.6 Å². The molecule has 0 radical (unpaired) electrons. The van der Waals surface area contributed by atoms with Crippen LogP contribution in [-0.4, -0.2) is 27.7 Å². The summed E-state index contributed by atoms with van der Waals surface area (Å²) in [7, 11) is 0. The van der Waals surface area contributed by atoms with Crippen LogP contribution >= 0.6 is 15.9 Å². The first-order valence-corrected chi connectivity index (χ1v) is 9.10. The minimum Gasteiger partial charge on any atom is -0.355 e. The Morgan fingerprint density at radius 3 is 2.62 bits per heavy atom. The van der Waals surface area contributed by atoms with E-state index in [2.05, 4.69) is 31.5 Å². The summed E-state index contributed by atoms with van der Waals surface area (Å²) >= 11 is 3.41. The van der Waals surface area contributed by atoms with E-state index in [1.165, 1.54) is 0 Å². The van der Waals surface area contributed by atoms with E-state index in [0.717, 1.165) is 21.4 Å². The summed E-state index contributed by atoms with van der Waals surface area (Å²) in [5, 5.41) is 5.58. The normalized spacial score (nSPS) is 10.7. The Bertz CT molecular complexity index is 908. The molecule has 1 aromatic carbocycles. The molecule has 0 saturated heterocycles. The summed E-state index contributed by atoms with van der Waals surface area (Å²) in [6.07, 6.45) is 4.34. The lowest BCUT2D eigenvalue weighted by Crippen LogP contribution is -2.31. The van der Waals surface area contributed by atoms with E-state index in [9.17, 15) is 9.59 Å². The van der Waals surface area contributed by atoms with Gasteiger partial charge in [0.2, 0.25) is 11.8 Å². The Labute approximate surface area is 159 Å². The lowest BCUT2D eigenvalue weighted by atomic mass is 10.1. The lowest BCUT2D eigenvalue weighted by Gasteiger charge is -2.06. The molecule has 134 valence electrons. The topological polar surface area (TPSA) is 75.5 Å². The molecule has 0 aliphatic carbocycles. The average Bonchev–Trinajstić information content (AvgIpc) is 3.03. The van der Waals surface area contributed by atoms with Crippen LogP contribution in [-0.2, 0) is 22.6 Å². The molecule has 26 heavy (non-hydrogen) atoms. The van der Waals surface area contributed by atoms with Gasteiger partial charge < -0.3 is 15.0 Å². The van der Waals surface area contributed by atoms with E-state index in [-0.39, 0.29) is 18.2 Å². The SMILES string of the molecule is O=C(CCNC(=O)Cc1ccccc1)NCc1cn2cc(Br)ccc2n1. The number of aromatic nitrogens is 2. The second-order valence-electron chi connectivity index (χ2n) is 5.88. The minimum absolute atomic E-state index is 0.0880. The van der Waals surface area contributed by atoms with Crippen LogP contribution in [0.1, 0.15) is 17.7 Å². The van der Waals surface area contributed by atoms with Crippen molar-refractivity contribution in [3.63, 3.8) is 0 Å². The fourth-order valence-electron chi connectivity index (χ4n) is 2.54. The first-order valence-electron chi connectivity index (χ1n) is 8.30. The number of nitrogens with zero attached hydrogens (tertiary/aromatic N) is 2. The molecule has 0 aliphatic heterocycles. The summed E-state index contributed by atoms with van der Waals surface area (Å²) < 4.78 is 2.86. The smallest absolute Gasteiger partial charge is 0.224 e. The maximum atomic E-state index is 11.9. The fraction of sp³-hybridized carbons (Fsp3) is 0.211. The van der Waals surface area contributed by atoms with Gasteiger partial charge in [-0.15, -0.1) is 0 Å². The number of halogens is 1. The number of imidazole rings is 1. The van der Waals surface area contributed by atoms with Crippen LogP contribution in [0.5, 0.6) is 0 Å². The Kier molecular flexibility index (Phi) is 6.01. The van der Waals surface area contributed by atoms with Gasteiger partial charge in [0.15, 0.2) is 0 Å². The van der Waals surface area contributed by atoms with Gasteiger partial charge in [0.1, 0.15) is 5.65 Å². The van der Waals surface area contributed by atoms with E-state index < -0.39 is 0 Å². The highest BCUT2D eigenvalue weighted by molar-refractivity contribution is 9.10. The Balaban J connectivity index is 1.39. The summed E-state index contributed by atoms with van der Waals surface area (Å²) in [5.74, 6) is -0.210. The number of hydrogen-bond acceptors (Lipinski definition) is 3. The van der Waals surface area contributed by atoms with Crippen LogP contribution in [0, 0.1) is 0 Å². The van der Waals surface area contributed by atoms with Gasteiger partial charge in [-0.2, -0.15) is 0 Å². The molecule has 7 heteroatoms. The molecule has 2 amide bonds. The Morgan fingerprint density at radius 1 is 1.00 bits per heavy atom. The zero-order valence-electron chi connectivity index (χ0n) is 14.1. The number of rotatable bonds is 7. The second-order valence-corrected chi connectivity index (χ2v) is 6.80. The Hall–Kier alpha value is -2.67. The molecule has 0 fully saturated rings. The van der Waals surface area contributed by atoms with Gasteiger partial charge in [-0.25, -0.2) is 4.98 Å². The lowest BCUT2D eigenvalue weighted by molar-refractivity contribution is -0.122. The van der Waals surface area contributed by atoms with E-state index >= 15 is 0 Å². The molecule has 0 saturated carbocycles. The van der Waals surface area contributed by atoms with Crippen molar-refractivity contribution in [3.05, 3.63) is 70.6 Å². The van der Waals surface area contributed by atoms with E-state index in [1.807, 2.05) is 59.3 Å². The number of carbonyl (C=O) groups is 2. The van der Waals surface area contributed by atoms with Crippen molar-refractivity contribution in [1.82, 2.24) is 20.0 Å². The molecule has 3 aromatic rings. The average molecular weight is 415 g/mol. The van der Waals surface area contributed by atoms with Crippen LogP contribution < -0.4 is 10.6 Å². The van der Waals surface area contributed by atoms with Crippen molar-refractivity contribution in [2.75, 3.05) is 6.54 Å². The maximum absolute atomic E-state index is 11.9. The molecule has 0 atom stereocenters. The first kappa shape index (κ1) is 18.1. The fourth-order valence-corrected chi connectivity index (χ4v) is 2.89. The highest BCUT2D eigenvalue weighted by Gasteiger charge is 2.07. The number of amides is 2. The standard InChI is InChI=1S/C19H19BrN4O2/c20-15-6-7-17-23-16(13-24(17)12-15)11-22-18(25)8-9-21-19(26)10-14-4-2-1-3-5-14/h1-7,12-13H,8-11H2,(H,21,26)(H,22,25). The summed E-state index contributed by atoms with van der Waals surface area (Å²) in [4.78, 5) is 28.2. The molecule has 0 spiro atoms. The number of nitrogens with one attached hydrogen (secondary N) is 2. The number of benzene rings is 1. The van der Waals surface area contributed by atoms with Crippen molar-refractivity contribution in [2.45, 2.75) is 19.4 Å². The molecule has 3 rings (SSSR count). The van der Waals surface area contributed by atoms with Crippen molar-refractivity contribution >= 4 is 33.4 Å². The number of hydrogen-bond donors (Lipinski definition) is 2. The van der Waals surface area contributed by atoms with Gasteiger partial charge >= 0.3 is 0 Å². The van der Waals surface area contributed by atoms with Gasteiger partial charge in [-0.3, -0.25) is 9.59 Å². The first-order chi connectivity index (χ1) is 12.6. The van der Waals surface area contributed by atoms with Crippen LogP contribution in [0.4, 0.5) is 0 Å². The molecule has 2 N–H and O–H groups in total. The van der Waals surface area contributed by atoms with E-state index in [1.54, 1.807) is 0 Å².